The number of ether oxygens (including phenoxy) is 1. The minimum absolute atomic E-state index is 0.0835. The van der Waals surface area contributed by atoms with Gasteiger partial charge < -0.3 is 14.5 Å². The Hall–Kier alpha value is -2.45. The highest BCUT2D eigenvalue weighted by molar-refractivity contribution is 5.96. The molecule has 144 valence electrons. The van der Waals surface area contributed by atoms with E-state index in [1.54, 1.807) is 20.8 Å². The quantitative estimate of drug-likeness (QED) is 0.634. The average molecular weight is 374 g/mol. The molecule has 0 unspecified atom stereocenters. The summed E-state index contributed by atoms with van der Waals surface area (Å²) in [5.74, 6) is -0.955. The lowest BCUT2D eigenvalue weighted by Crippen LogP contribution is -2.30. The van der Waals surface area contributed by atoms with Gasteiger partial charge in [-0.3, -0.25) is 0 Å². The second kappa shape index (κ2) is 7.43. The molecule has 1 aromatic rings. The lowest BCUT2D eigenvalue weighted by Gasteiger charge is -2.22. The second-order valence-corrected chi connectivity index (χ2v) is 6.92. The third kappa shape index (κ3) is 5.27. The first-order valence-corrected chi connectivity index (χ1v) is 8.14. The summed E-state index contributed by atoms with van der Waals surface area (Å²) in [6, 6.07) is 2.49. The van der Waals surface area contributed by atoms with Crippen LogP contribution in [0.15, 0.2) is 18.2 Å². The molecular formula is C17H21F3N2O4. The molecular weight excluding hydrogens is 353 g/mol. The van der Waals surface area contributed by atoms with Crippen LogP contribution < -0.4 is 5.48 Å². The van der Waals surface area contributed by atoms with E-state index < -0.39 is 29.4 Å². The van der Waals surface area contributed by atoms with Gasteiger partial charge in [-0.15, -0.1) is 0 Å². The number of esters is 1. The number of hydrogen-bond acceptors (Lipinski definition) is 5. The maximum Gasteiger partial charge on any atom is 0.434 e. The number of likely N-dealkylation sites (tertiary alicyclic amines) is 1. The van der Waals surface area contributed by atoms with E-state index in [4.69, 9.17) is 9.57 Å². The first-order valence-electron chi connectivity index (χ1n) is 8.14. The molecule has 1 N–H and O–H groups in total. The molecule has 0 bridgehead atoms. The molecule has 1 aliphatic heterocycles. The number of benzene rings is 1. The molecule has 1 aromatic carbocycles. The van der Waals surface area contributed by atoms with Gasteiger partial charge in [0.05, 0.1) is 16.8 Å². The van der Waals surface area contributed by atoms with E-state index >= 15 is 0 Å². The van der Waals surface area contributed by atoms with Crippen LogP contribution in [0.25, 0.3) is 0 Å². The van der Waals surface area contributed by atoms with Gasteiger partial charge in [-0.05, 0) is 51.8 Å². The Morgan fingerprint density at radius 2 is 1.73 bits per heavy atom. The van der Waals surface area contributed by atoms with Crippen LogP contribution in [0.3, 0.4) is 0 Å². The van der Waals surface area contributed by atoms with Crippen molar-refractivity contribution in [3.8, 4) is 0 Å². The zero-order chi connectivity index (χ0) is 19.5. The second-order valence-electron chi connectivity index (χ2n) is 6.92. The van der Waals surface area contributed by atoms with Crippen molar-refractivity contribution in [2.24, 2.45) is 0 Å². The Morgan fingerprint density at radius 3 is 2.27 bits per heavy atom. The number of carbonyl (C=O) groups excluding carboxylic acids is 2. The molecule has 9 heteroatoms. The summed E-state index contributed by atoms with van der Waals surface area (Å²) in [6.45, 7) is 5.88. The average Bonchev–Trinajstić information content (AvgIpc) is 3.04. The van der Waals surface area contributed by atoms with Crippen LogP contribution >= 0.6 is 0 Å². The summed E-state index contributed by atoms with van der Waals surface area (Å²) in [7, 11) is 0. The molecule has 0 aromatic heterocycles. The Bertz CT molecular complexity index is 678. The lowest BCUT2D eigenvalue weighted by molar-refractivity contribution is -0.137. The van der Waals surface area contributed by atoms with Crippen molar-refractivity contribution in [1.82, 2.24) is 4.90 Å². The Labute approximate surface area is 149 Å². The molecule has 0 saturated carbocycles. The standard InChI is InChI=1S/C17H21F3N2O4/c1-16(2,3)25-14(23)12-10-11(17(18,19)20)6-7-13(12)21-26-15(24)22-8-4-5-9-22/h6-7,10,21H,4-5,8-9H2,1-3H3. The third-order valence-corrected chi connectivity index (χ3v) is 3.58. The van der Waals surface area contributed by atoms with Crippen molar-refractivity contribution in [3.63, 3.8) is 0 Å². The van der Waals surface area contributed by atoms with Gasteiger partial charge in [0.15, 0.2) is 0 Å². The van der Waals surface area contributed by atoms with Crippen LogP contribution in [-0.4, -0.2) is 35.7 Å². The maximum absolute atomic E-state index is 13.0. The van der Waals surface area contributed by atoms with Crippen LogP contribution in [0.2, 0.25) is 0 Å². The van der Waals surface area contributed by atoms with Crippen molar-refractivity contribution in [1.29, 1.82) is 0 Å². The number of hydrogen-bond donors (Lipinski definition) is 1. The normalized spacial score (nSPS) is 14.9. The largest absolute Gasteiger partial charge is 0.456 e. The number of nitrogens with zero attached hydrogens (tertiary/aromatic N) is 1. The van der Waals surface area contributed by atoms with Gasteiger partial charge in [0.2, 0.25) is 0 Å². The monoisotopic (exact) mass is 374 g/mol. The van der Waals surface area contributed by atoms with Gasteiger partial charge in [-0.2, -0.15) is 13.2 Å². The number of rotatable bonds is 3. The van der Waals surface area contributed by atoms with Crippen molar-refractivity contribution in [2.45, 2.75) is 45.4 Å². The van der Waals surface area contributed by atoms with E-state index in [2.05, 4.69) is 5.48 Å². The van der Waals surface area contributed by atoms with E-state index in [-0.39, 0.29) is 11.3 Å². The maximum atomic E-state index is 13.0. The van der Waals surface area contributed by atoms with Gasteiger partial charge in [0.1, 0.15) is 5.60 Å². The molecule has 1 aliphatic rings. The number of halogens is 3. The SMILES string of the molecule is CC(C)(C)OC(=O)c1cc(C(F)(F)F)ccc1NOC(=O)N1CCCC1. The van der Waals surface area contributed by atoms with Gasteiger partial charge in [-0.1, -0.05) is 0 Å². The number of nitrogens with one attached hydrogen (secondary N) is 1. The number of carbonyl (C=O) groups is 2. The Morgan fingerprint density at radius 1 is 1.12 bits per heavy atom. The van der Waals surface area contributed by atoms with Crippen molar-refractivity contribution >= 4 is 17.7 Å². The van der Waals surface area contributed by atoms with E-state index in [0.29, 0.717) is 19.2 Å². The Kier molecular flexibility index (Phi) is 5.68. The number of alkyl halides is 3. The Balaban J connectivity index is 2.22. The summed E-state index contributed by atoms with van der Waals surface area (Å²) < 4.78 is 44.0. The molecule has 0 radical (unpaired) electrons. The molecule has 1 amide bonds. The van der Waals surface area contributed by atoms with Gasteiger partial charge in [0.25, 0.3) is 0 Å². The van der Waals surface area contributed by atoms with Crippen molar-refractivity contribution < 1.29 is 32.3 Å². The molecule has 26 heavy (non-hydrogen) atoms. The fourth-order valence-corrected chi connectivity index (χ4v) is 2.37. The predicted molar refractivity (Wildman–Crippen MR) is 87.5 cm³/mol. The van der Waals surface area contributed by atoms with Gasteiger partial charge in [-0.25, -0.2) is 15.1 Å². The fourth-order valence-electron chi connectivity index (χ4n) is 2.37. The van der Waals surface area contributed by atoms with E-state index in [1.807, 2.05) is 0 Å². The first-order chi connectivity index (χ1) is 12.0. The smallest absolute Gasteiger partial charge is 0.434 e. The van der Waals surface area contributed by atoms with Gasteiger partial charge in [0, 0.05) is 13.1 Å². The number of amides is 1. The van der Waals surface area contributed by atoms with Crippen LogP contribution in [-0.2, 0) is 15.8 Å². The first kappa shape index (κ1) is 19.9. The third-order valence-electron chi connectivity index (χ3n) is 3.58. The summed E-state index contributed by atoms with van der Waals surface area (Å²) in [4.78, 5) is 30.5. The van der Waals surface area contributed by atoms with Crippen molar-refractivity contribution in [3.05, 3.63) is 29.3 Å². The van der Waals surface area contributed by atoms with Crippen LogP contribution in [0, 0.1) is 0 Å². The minimum Gasteiger partial charge on any atom is -0.456 e. The van der Waals surface area contributed by atoms with Crippen molar-refractivity contribution in [2.75, 3.05) is 18.6 Å². The predicted octanol–water partition coefficient (Wildman–Crippen LogP) is 4.22. The highest BCUT2D eigenvalue weighted by atomic mass is 19.4. The van der Waals surface area contributed by atoms with Crippen LogP contribution in [0.4, 0.5) is 23.7 Å². The van der Waals surface area contributed by atoms with Gasteiger partial charge >= 0.3 is 18.2 Å². The van der Waals surface area contributed by atoms with E-state index in [9.17, 15) is 22.8 Å². The summed E-state index contributed by atoms with van der Waals surface area (Å²) in [5.41, 5.74) is -0.0778. The highest BCUT2D eigenvalue weighted by Crippen LogP contribution is 2.32. The highest BCUT2D eigenvalue weighted by Gasteiger charge is 2.33. The minimum atomic E-state index is -4.62. The molecule has 0 spiro atoms. The molecule has 6 nitrogen and oxygen atoms in total. The summed E-state index contributed by atoms with van der Waals surface area (Å²) >= 11 is 0. The van der Waals surface area contributed by atoms with E-state index in [1.165, 1.54) is 4.90 Å². The molecule has 1 saturated heterocycles. The molecule has 0 atom stereocenters. The summed E-state index contributed by atoms with van der Waals surface area (Å²) in [6.07, 6.45) is -3.56. The fraction of sp³-hybridized carbons (Fsp3) is 0.529. The molecule has 1 fully saturated rings. The lowest BCUT2D eigenvalue weighted by atomic mass is 10.1. The van der Waals surface area contributed by atoms with Crippen LogP contribution in [0.1, 0.15) is 49.5 Å². The zero-order valence-corrected chi connectivity index (χ0v) is 14.8. The van der Waals surface area contributed by atoms with E-state index in [0.717, 1.165) is 25.0 Å². The molecule has 0 aliphatic carbocycles. The molecule has 2 rings (SSSR count). The number of anilines is 1. The zero-order valence-electron chi connectivity index (χ0n) is 14.8. The molecule has 1 heterocycles. The topological polar surface area (TPSA) is 67.9 Å². The summed E-state index contributed by atoms with van der Waals surface area (Å²) in [5, 5.41) is 0. The van der Waals surface area contributed by atoms with Crippen LogP contribution in [0.5, 0.6) is 0 Å².